The molecule has 4 rings (SSSR count). The number of carboxylic acids is 1. The summed E-state index contributed by atoms with van der Waals surface area (Å²) in [5, 5.41) is 12.0. The molecule has 0 aliphatic carbocycles. The summed E-state index contributed by atoms with van der Waals surface area (Å²) in [4.78, 5) is 38.6. The second-order valence-corrected chi connectivity index (χ2v) is 7.05. The van der Waals surface area contributed by atoms with Crippen LogP contribution in [0.15, 0.2) is 36.4 Å². The first-order valence-corrected chi connectivity index (χ1v) is 9.29. The normalized spacial score (nSPS) is 17.3. The van der Waals surface area contributed by atoms with E-state index in [1.807, 2.05) is 0 Å². The number of amides is 2. The quantitative estimate of drug-likeness (QED) is 0.823. The number of likely N-dealkylation sites (tertiary alicyclic amines) is 1. The molecule has 29 heavy (non-hydrogen) atoms. The number of fused-ring (bicyclic) bond motifs is 1. The van der Waals surface area contributed by atoms with E-state index in [1.54, 1.807) is 42.2 Å². The Morgan fingerprint density at radius 2 is 1.90 bits per heavy atom. The lowest BCUT2D eigenvalue weighted by atomic mass is 10.1. The maximum Gasteiger partial charge on any atom is 0.336 e. The minimum absolute atomic E-state index is 0.122. The van der Waals surface area contributed by atoms with Gasteiger partial charge in [-0.05, 0) is 55.7 Å². The van der Waals surface area contributed by atoms with Crippen molar-refractivity contribution < 1.29 is 29.0 Å². The van der Waals surface area contributed by atoms with Gasteiger partial charge >= 0.3 is 5.97 Å². The van der Waals surface area contributed by atoms with E-state index in [0.717, 1.165) is 0 Å². The van der Waals surface area contributed by atoms with Crippen LogP contribution in [0.2, 0.25) is 0 Å². The number of carbonyl (C=O) groups excluding carboxylic acids is 2. The predicted molar refractivity (Wildman–Crippen MR) is 103 cm³/mol. The fourth-order valence-corrected chi connectivity index (χ4v) is 3.63. The van der Waals surface area contributed by atoms with Crippen LogP contribution in [0, 0.1) is 6.92 Å². The average Bonchev–Trinajstić information content (AvgIpc) is 3.37. The van der Waals surface area contributed by atoms with Crippen LogP contribution < -0.4 is 14.8 Å². The molecule has 2 amide bonds. The number of rotatable bonds is 4. The summed E-state index contributed by atoms with van der Waals surface area (Å²) >= 11 is 0. The van der Waals surface area contributed by atoms with E-state index >= 15 is 0 Å². The van der Waals surface area contributed by atoms with Crippen LogP contribution in [0.1, 0.15) is 39.1 Å². The first kappa shape index (κ1) is 18.8. The Morgan fingerprint density at radius 3 is 2.69 bits per heavy atom. The van der Waals surface area contributed by atoms with E-state index in [2.05, 4.69) is 5.32 Å². The maximum atomic E-state index is 13.0. The van der Waals surface area contributed by atoms with E-state index in [4.69, 9.17) is 9.47 Å². The highest BCUT2D eigenvalue weighted by Gasteiger charge is 2.35. The van der Waals surface area contributed by atoms with Gasteiger partial charge in [0.1, 0.15) is 6.04 Å². The van der Waals surface area contributed by atoms with Crippen LogP contribution in [0.4, 0.5) is 5.69 Å². The van der Waals surface area contributed by atoms with Crippen molar-refractivity contribution in [2.24, 2.45) is 0 Å². The topological polar surface area (TPSA) is 105 Å². The van der Waals surface area contributed by atoms with Crippen LogP contribution >= 0.6 is 0 Å². The molecule has 2 aliphatic rings. The Bertz CT molecular complexity index is 1000. The Morgan fingerprint density at radius 1 is 1.10 bits per heavy atom. The van der Waals surface area contributed by atoms with E-state index < -0.39 is 12.0 Å². The second-order valence-electron chi connectivity index (χ2n) is 7.05. The second kappa shape index (κ2) is 7.46. The highest BCUT2D eigenvalue weighted by Crippen LogP contribution is 2.33. The zero-order valence-corrected chi connectivity index (χ0v) is 15.8. The summed E-state index contributed by atoms with van der Waals surface area (Å²) in [6.07, 6.45) is 1.25. The molecule has 1 saturated heterocycles. The van der Waals surface area contributed by atoms with Gasteiger partial charge < -0.3 is 24.8 Å². The lowest BCUT2D eigenvalue weighted by molar-refractivity contribution is -0.119. The van der Waals surface area contributed by atoms with Gasteiger partial charge in [0.2, 0.25) is 12.7 Å². The molecule has 0 aromatic heterocycles. The monoisotopic (exact) mass is 396 g/mol. The van der Waals surface area contributed by atoms with Gasteiger partial charge in [0, 0.05) is 17.8 Å². The maximum absolute atomic E-state index is 13.0. The van der Waals surface area contributed by atoms with Gasteiger partial charge in [-0.2, -0.15) is 0 Å². The molecule has 2 heterocycles. The summed E-state index contributed by atoms with van der Waals surface area (Å²) < 4.78 is 10.6. The first-order valence-electron chi connectivity index (χ1n) is 9.29. The molecule has 2 aromatic carbocycles. The highest BCUT2D eigenvalue weighted by atomic mass is 16.7. The first-order chi connectivity index (χ1) is 13.9. The molecule has 2 aromatic rings. The third kappa shape index (κ3) is 3.61. The minimum atomic E-state index is -1.06. The highest BCUT2D eigenvalue weighted by molar-refractivity contribution is 6.02. The van der Waals surface area contributed by atoms with E-state index in [1.165, 1.54) is 6.07 Å². The number of aryl methyl sites for hydroxylation is 1. The molecule has 0 radical (unpaired) electrons. The molecule has 1 fully saturated rings. The molecule has 0 bridgehead atoms. The molecular formula is C21H20N2O6. The number of carbonyl (C=O) groups is 3. The minimum Gasteiger partial charge on any atom is -0.478 e. The van der Waals surface area contributed by atoms with Gasteiger partial charge in [-0.1, -0.05) is 6.07 Å². The molecule has 1 unspecified atom stereocenters. The smallest absolute Gasteiger partial charge is 0.336 e. The van der Waals surface area contributed by atoms with Crippen molar-refractivity contribution in [3.05, 3.63) is 53.1 Å². The van der Waals surface area contributed by atoms with Gasteiger partial charge in [-0.3, -0.25) is 9.59 Å². The van der Waals surface area contributed by atoms with E-state index in [9.17, 15) is 19.5 Å². The van der Waals surface area contributed by atoms with Crippen molar-refractivity contribution in [1.29, 1.82) is 0 Å². The van der Waals surface area contributed by atoms with Crippen molar-refractivity contribution in [3.8, 4) is 11.5 Å². The Balaban J connectivity index is 1.51. The molecular weight excluding hydrogens is 376 g/mol. The molecule has 8 nitrogen and oxygen atoms in total. The van der Waals surface area contributed by atoms with E-state index in [-0.39, 0.29) is 24.2 Å². The van der Waals surface area contributed by atoms with Gasteiger partial charge in [-0.25, -0.2) is 4.79 Å². The van der Waals surface area contributed by atoms with Gasteiger partial charge in [0.25, 0.3) is 5.91 Å². The number of hydrogen-bond donors (Lipinski definition) is 2. The number of hydrogen-bond acceptors (Lipinski definition) is 5. The van der Waals surface area contributed by atoms with Crippen LogP contribution in [-0.2, 0) is 4.79 Å². The number of nitrogens with zero attached hydrogens (tertiary/aromatic N) is 1. The fraction of sp³-hybridized carbons (Fsp3) is 0.286. The van der Waals surface area contributed by atoms with Crippen LogP contribution in [0.3, 0.4) is 0 Å². The summed E-state index contributed by atoms with van der Waals surface area (Å²) in [6.45, 7) is 2.29. The van der Waals surface area contributed by atoms with Crippen LogP contribution in [0.25, 0.3) is 0 Å². The SMILES string of the molecule is Cc1ccc(NC(=O)C2CCCN2C(=O)c2ccc3c(c2)OCO3)cc1C(=O)O. The van der Waals surface area contributed by atoms with E-state index in [0.29, 0.717) is 47.7 Å². The predicted octanol–water partition coefficient (Wildman–Crippen LogP) is 2.67. The van der Waals surface area contributed by atoms with Crippen molar-refractivity contribution >= 4 is 23.5 Å². The fourth-order valence-electron chi connectivity index (χ4n) is 3.63. The number of anilines is 1. The lowest BCUT2D eigenvalue weighted by Crippen LogP contribution is -2.43. The summed E-state index contributed by atoms with van der Waals surface area (Å²) in [5.74, 6) is -0.547. The standard InChI is InChI=1S/C21H20N2O6/c1-12-4-6-14(10-15(12)21(26)27)22-19(24)16-3-2-8-23(16)20(25)13-5-7-17-18(9-13)29-11-28-17/h4-7,9-10,16H,2-3,8,11H2,1H3,(H,22,24)(H,26,27). The molecule has 1 atom stereocenters. The average molecular weight is 396 g/mol. The Kier molecular flexibility index (Phi) is 4.84. The number of benzene rings is 2. The Hall–Kier alpha value is -3.55. The number of nitrogens with one attached hydrogen (secondary N) is 1. The molecule has 8 heteroatoms. The molecule has 150 valence electrons. The molecule has 2 N–H and O–H groups in total. The number of aromatic carboxylic acids is 1. The van der Waals surface area contributed by atoms with Crippen LogP contribution in [-0.4, -0.2) is 47.2 Å². The van der Waals surface area contributed by atoms with Crippen molar-refractivity contribution in [2.75, 3.05) is 18.7 Å². The number of carboxylic acid groups (broad SMARTS) is 1. The summed E-state index contributed by atoms with van der Waals surface area (Å²) in [6, 6.07) is 9.05. The summed E-state index contributed by atoms with van der Waals surface area (Å²) in [5.41, 5.74) is 1.55. The third-order valence-electron chi connectivity index (χ3n) is 5.17. The lowest BCUT2D eigenvalue weighted by Gasteiger charge is -2.24. The number of ether oxygens (including phenoxy) is 2. The third-order valence-corrected chi connectivity index (χ3v) is 5.17. The van der Waals surface area contributed by atoms with Crippen molar-refractivity contribution in [2.45, 2.75) is 25.8 Å². The van der Waals surface area contributed by atoms with Crippen LogP contribution in [0.5, 0.6) is 11.5 Å². The Labute approximate surface area is 167 Å². The molecule has 0 saturated carbocycles. The van der Waals surface area contributed by atoms with Crippen molar-refractivity contribution in [1.82, 2.24) is 4.90 Å². The van der Waals surface area contributed by atoms with Gasteiger partial charge in [0.15, 0.2) is 11.5 Å². The zero-order valence-electron chi connectivity index (χ0n) is 15.8. The molecule has 0 spiro atoms. The summed E-state index contributed by atoms with van der Waals surface area (Å²) in [7, 11) is 0. The van der Waals surface area contributed by atoms with Gasteiger partial charge in [0.05, 0.1) is 5.56 Å². The molecule has 2 aliphatic heterocycles. The van der Waals surface area contributed by atoms with Crippen molar-refractivity contribution in [3.63, 3.8) is 0 Å². The van der Waals surface area contributed by atoms with Gasteiger partial charge in [-0.15, -0.1) is 0 Å². The zero-order chi connectivity index (χ0) is 20.5. The largest absolute Gasteiger partial charge is 0.478 e.